The first kappa shape index (κ1) is 19.5. The van der Waals surface area contributed by atoms with Gasteiger partial charge in [0.15, 0.2) is 11.5 Å². The summed E-state index contributed by atoms with van der Waals surface area (Å²) < 4.78 is 10.7. The molecule has 0 atom stereocenters. The van der Waals surface area contributed by atoms with Gasteiger partial charge in [-0.2, -0.15) is 0 Å². The minimum absolute atomic E-state index is 0.00770. The Morgan fingerprint density at radius 1 is 1.10 bits per heavy atom. The number of ether oxygens (including phenoxy) is 2. The lowest BCUT2D eigenvalue weighted by Gasteiger charge is -2.34. The Balaban J connectivity index is 1.19. The SMILES string of the molecule is O=C(NCCN1CCN(C(=O)/C=C/c2ccc3c(c2)OCO3)CC1)c1cccs1. The van der Waals surface area contributed by atoms with E-state index in [1.807, 2.05) is 40.6 Å². The van der Waals surface area contributed by atoms with Crippen molar-refractivity contribution in [2.75, 3.05) is 46.1 Å². The third-order valence-electron chi connectivity index (χ3n) is 4.96. The van der Waals surface area contributed by atoms with E-state index in [1.54, 1.807) is 12.2 Å². The maximum Gasteiger partial charge on any atom is 0.261 e. The van der Waals surface area contributed by atoms with Crippen molar-refractivity contribution in [3.63, 3.8) is 0 Å². The lowest BCUT2D eigenvalue weighted by atomic mass is 10.2. The summed E-state index contributed by atoms with van der Waals surface area (Å²) in [6, 6.07) is 9.31. The van der Waals surface area contributed by atoms with Crippen LogP contribution in [0.5, 0.6) is 11.5 Å². The van der Waals surface area contributed by atoms with E-state index in [4.69, 9.17) is 9.47 Å². The molecule has 0 radical (unpaired) electrons. The summed E-state index contributed by atoms with van der Waals surface area (Å²) >= 11 is 1.44. The Morgan fingerprint density at radius 2 is 1.93 bits per heavy atom. The fourth-order valence-corrected chi connectivity index (χ4v) is 3.94. The molecule has 152 valence electrons. The van der Waals surface area contributed by atoms with Crippen molar-refractivity contribution in [2.45, 2.75) is 0 Å². The van der Waals surface area contributed by atoms with E-state index in [-0.39, 0.29) is 18.6 Å². The van der Waals surface area contributed by atoms with E-state index in [9.17, 15) is 9.59 Å². The van der Waals surface area contributed by atoms with Gasteiger partial charge in [-0.1, -0.05) is 12.1 Å². The molecule has 7 nitrogen and oxygen atoms in total. The number of fused-ring (bicyclic) bond motifs is 1. The lowest BCUT2D eigenvalue weighted by molar-refractivity contribution is -0.127. The highest BCUT2D eigenvalue weighted by molar-refractivity contribution is 7.12. The van der Waals surface area contributed by atoms with Crippen LogP contribution in [0.4, 0.5) is 0 Å². The highest BCUT2D eigenvalue weighted by Crippen LogP contribution is 2.32. The molecular weight excluding hydrogens is 390 g/mol. The van der Waals surface area contributed by atoms with Crippen molar-refractivity contribution in [1.82, 2.24) is 15.1 Å². The summed E-state index contributed by atoms with van der Waals surface area (Å²) in [4.78, 5) is 29.2. The largest absolute Gasteiger partial charge is 0.454 e. The van der Waals surface area contributed by atoms with Crippen LogP contribution >= 0.6 is 11.3 Å². The van der Waals surface area contributed by atoms with Gasteiger partial charge in [0.05, 0.1) is 4.88 Å². The van der Waals surface area contributed by atoms with Gasteiger partial charge in [0.1, 0.15) is 0 Å². The smallest absolute Gasteiger partial charge is 0.261 e. The number of amides is 2. The first-order chi connectivity index (χ1) is 14.2. The molecule has 29 heavy (non-hydrogen) atoms. The quantitative estimate of drug-likeness (QED) is 0.734. The number of nitrogens with zero attached hydrogens (tertiary/aromatic N) is 2. The summed E-state index contributed by atoms with van der Waals surface area (Å²) in [5, 5.41) is 4.84. The Labute approximate surface area is 173 Å². The molecule has 1 saturated heterocycles. The van der Waals surface area contributed by atoms with Crippen LogP contribution in [0.2, 0.25) is 0 Å². The van der Waals surface area contributed by atoms with E-state index in [0.29, 0.717) is 25.4 Å². The van der Waals surface area contributed by atoms with Gasteiger partial charge in [-0.25, -0.2) is 0 Å². The molecule has 1 aromatic carbocycles. The second-order valence-corrected chi connectivity index (χ2v) is 7.79. The normalized spacial score (nSPS) is 16.3. The van der Waals surface area contributed by atoms with E-state index in [0.717, 1.165) is 35.8 Å². The zero-order chi connectivity index (χ0) is 20.1. The Morgan fingerprint density at radius 3 is 2.72 bits per heavy atom. The summed E-state index contributed by atoms with van der Waals surface area (Å²) in [5.74, 6) is 1.42. The molecule has 0 unspecified atom stereocenters. The van der Waals surface area contributed by atoms with Crippen LogP contribution in [0.3, 0.4) is 0 Å². The van der Waals surface area contributed by atoms with E-state index < -0.39 is 0 Å². The van der Waals surface area contributed by atoms with Crippen molar-refractivity contribution < 1.29 is 19.1 Å². The molecule has 2 aromatic rings. The summed E-state index contributed by atoms with van der Waals surface area (Å²) in [5.41, 5.74) is 0.905. The van der Waals surface area contributed by atoms with Gasteiger partial charge >= 0.3 is 0 Å². The van der Waals surface area contributed by atoms with Crippen LogP contribution in [-0.2, 0) is 4.79 Å². The van der Waals surface area contributed by atoms with Crippen molar-refractivity contribution in [1.29, 1.82) is 0 Å². The van der Waals surface area contributed by atoms with Crippen LogP contribution in [0.15, 0.2) is 41.8 Å². The third kappa shape index (κ3) is 4.96. The first-order valence-corrected chi connectivity index (χ1v) is 10.5. The van der Waals surface area contributed by atoms with Gasteiger partial charge in [-0.3, -0.25) is 14.5 Å². The fourth-order valence-electron chi connectivity index (χ4n) is 3.30. The maximum atomic E-state index is 12.5. The molecule has 8 heteroatoms. The zero-order valence-electron chi connectivity index (χ0n) is 16.0. The summed E-state index contributed by atoms with van der Waals surface area (Å²) in [6.07, 6.45) is 3.41. The standard InChI is InChI=1S/C21H23N3O4S/c25-20(6-4-16-3-5-17-18(14-16)28-15-27-17)24-11-9-23(10-12-24)8-7-22-21(26)19-2-1-13-29-19/h1-6,13-14H,7-12,15H2,(H,22,26)/b6-4+. The monoisotopic (exact) mass is 413 g/mol. The number of nitrogens with one attached hydrogen (secondary N) is 1. The molecule has 0 bridgehead atoms. The average molecular weight is 413 g/mol. The van der Waals surface area contributed by atoms with Crippen molar-refractivity contribution >= 4 is 29.2 Å². The molecule has 4 rings (SSSR count). The number of thiophene rings is 1. The molecule has 2 aliphatic rings. The Hall–Kier alpha value is -2.84. The van der Waals surface area contributed by atoms with Crippen LogP contribution in [0.25, 0.3) is 6.08 Å². The first-order valence-electron chi connectivity index (χ1n) is 9.60. The highest BCUT2D eigenvalue weighted by atomic mass is 32.1. The van der Waals surface area contributed by atoms with Gasteiger partial charge in [-0.15, -0.1) is 11.3 Å². The van der Waals surface area contributed by atoms with Gasteiger partial charge in [0.2, 0.25) is 12.7 Å². The molecule has 3 heterocycles. The molecule has 2 amide bonds. The van der Waals surface area contributed by atoms with E-state index in [1.165, 1.54) is 11.3 Å². The van der Waals surface area contributed by atoms with Crippen molar-refractivity contribution in [3.8, 4) is 11.5 Å². The number of rotatable bonds is 6. The predicted octanol–water partition coefficient (Wildman–Crippen LogP) is 2.06. The molecule has 0 aliphatic carbocycles. The van der Waals surface area contributed by atoms with Gasteiger partial charge in [0.25, 0.3) is 5.91 Å². The number of hydrogen-bond donors (Lipinski definition) is 1. The molecular formula is C21H23N3O4S. The molecule has 2 aliphatic heterocycles. The molecule has 1 fully saturated rings. The maximum absolute atomic E-state index is 12.5. The summed E-state index contributed by atoms with van der Waals surface area (Å²) in [7, 11) is 0. The minimum Gasteiger partial charge on any atom is -0.454 e. The molecule has 1 N–H and O–H groups in total. The van der Waals surface area contributed by atoms with Crippen molar-refractivity contribution in [2.24, 2.45) is 0 Å². The third-order valence-corrected chi connectivity index (χ3v) is 5.83. The van der Waals surface area contributed by atoms with Crippen LogP contribution in [-0.4, -0.2) is 67.7 Å². The van der Waals surface area contributed by atoms with Gasteiger partial charge < -0.3 is 19.7 Å². The zero-order valence-corrected chi connectivity index (χ0v) is 16.8. The molecule has 0 saturated carbocycles. The van der Waals surface area contributed by atoms with E-state index in [2.05, 4.69) is 10.2 Å². The average Bonchev–Trinajstić information content (AvgIpc) is 3.44. The van der Waals surface area contributed by atoms with Crippen LogP contribution in [0.1, 0.15) is 15.2 Å². The number of carbonyl (C=O) groups is 2. The van der Waals surface area contributed by atoms with Crippen LogP contribution in [0, 0.1) is 0 Å². The minimum atomic E-state index is -0.0255. The second kappa shape index (κ2) is 9.11. The fraction of sp³-hybridized carbons (Fsp3) is 0.333. The highest BCUT2D eigenvalue weighted by Gasteiger charge is 2.19. The summed E-state index contributed by atoms with van der Waals surface area (Å²) in [6.45, 7) is 4.60. The number of piperazine rings is 1. The Kier molecular flexibility index (Phi) is 6.12. The molecule has 1 aromatic heterocycles. The topological polar surface area (TPSA) is 71.1 Å². The van der Waals surface area contributed by atoms with E-state index >= 15 is 0 Å². The Bertz CT molecular complexity index is 889. The van der Waals surface area contributed by atoms with Gasteiger partial charge in [0, 0.05) is 45.3 Å². The molecule has 0 spiro atoms. The number of hydrogen-bond acceptors (Lipinski definition) is 6. The van der Waals surface area contributed by atoms with Gasteiger partial charge in [-0.05, 0) is 35.2 Å². The number of carbonyl (C=O) groups excluding carboxylic acids is 2. The van der Waals surface area contributed by atoms with Crippen molar-refractivity contribution in [3.05, 3.63) is 52.2 Å². The predicted molar refractivity (Wildman–Crippen MR) is 111 cm³/mol. The second-order valence-electron chi connectivity index (χ2n) is 6.85. The lowest BCUT2D eigenvalue weighted by Crippen LogP contribution is -2.49. The van der Waals surface area contributed by atoms with Crippen LogP contribution < -0.4 is 14.8 Å². The number of benzene rings is 1.